The van der Waals surface area contributed by atoms with E-state index in [0.29, 0.717) is 4.47 Å². The van der Waals surface area contributed by atoms with E-state index in [0.717, 1.165) is 0 Å². The SMILES string of the molecule is CC(=O)CC(C)(C#N)c1cccc(Br)c1F. The molecule has 0 heterocycles. The molecule has 0 saturated heterocycles. The van der Waals surface area contributed by atoms with Gasteiger partial charge < -0.3 is 0 Å². The summed E-state index contributed by atoms with van der Waals surface area (Å²) in [6, 6.07) is 6.76. The van der Waals surface area contributed by atoms with Crippen molar-refractivity contribution in [3.8, 4) is 6.07 Å². The van der Waals surface area contributed by atoms with Crippen LogP contribution in [0.2, 0.25) is 0 Å². The second kappa shape index (κ2) is 4.75. The number of halogens is 2. The number of Topliss-reactive ketones (excluding diaryl/α,β-unsaturated/α-hetero) is 1. The Balaban J connectivity index is 3.29. The topological polar surface area (TPSA) is 40.9 Å². The number of hydrogen-bond donors (Lipinski definition) is 0. The second-order valence-electron chi connectivity index (χ2n) is 3.92. The van der Waals surface area contributed by atoms with Crippen molar-refractivity contribution in [3.63, 3.8) is 0 Å². The minimum absolute atomic E-state index is 0.0108. The molecule has 0 saturated carbocycles. The molecule has 0 aliphatic carbocycles. The van der Waals surface area contributed by atoms with Gasteiger partial charge in [0.15, 0.2) is 0 Å². The fourth-order valence-corrected chi connectivity index (χ4v) is 1.99. The van der Waals surface area contributed by atoms with E-state index in [2.05, 4.69) is 15.9 Å². The van der Waals surface area contributed by atoms with E-state index in [9.17, 15) is 9.18 Å². The summed E-state index contributed by atoms with van der Waals surface area (Å²) in [5, 5.41) is 9.12. The minimum atomic E-state index is -1.11. The number of nitriles is 1. The lowest BCUT2D eigenvalue weighted by molar-refractivity contribution is -0.117. The van der Waals surface area contributed by atoms with Crippen molar-refractivity contribution >= 4 is 21.7 Å². The van der Waals surface area contributed by atoms with Crippen molar-refractivity contribution in [2.24, 2.45) is 0 Å². The maximum atomic E-state index is 13.8. The molecule has 4 heteroatoms. The zero-order chi connectivity index (χ0) is 12.3. The molecule has 0 spiro atoms. The van der Waals surface area contributed by atoms with Crippen molar-refractivity contribution in [3.05, 3.63) is 34.1 Å². The fraction of sp³-hybridized carbons (Fsp3) is 0.333. The van der Waals surface area contributed by atoms with Crippen LogP contribution in [0.1, 0.15) is 25.8 Å². The van der Waals surface area contributed by atoms with E-state index in [4.69, 9.17) is 5.26 Å². The molecule has 0 radical (unpaired) electrons. The van der Waals surface area contributed by atoms with Gasteiger partial charge >= 0.3 is 0 Å². The molecule has 0 aliphatic rings. The van der Waals surface area contributed by atoms with Crippen LogP contribution < -0.4 is 0 Å². The summed E-state index contributed by atoms with van der Waals surface area (Å²) in [6.45, 7) is 2.96. The first kappa shape index (κ1) is 12.9. The van der Waals surface area contributed by atoms with E-state index in [1.54, 1.807) is 19.1 Å². The molecule has 1 unspecified atom stereocenters. The quantitative estimate of drug-likeness (QED) is 0.854. The first-order valence-corrected chi connectivity index (χ1v) is 5.55. The number of ketones is 1. The molecule has 2 nitrogen and oxygen atoms in total. The highest BCUT2D eigenvalue weighted by Gasteiger charge is 2.31. The zero-order valence-corrected chi connectivity index (χ0v) is 10.6. The summed E-state index contributed by atoms with van der Waals surface area (Å²) in [6.07, 6.45) is 0.0108. The maximum absolute atomic E-state index is 13.8. The number of nitrogens with zero attached hydrogens (tertiary/aromatic N) is 1. The standard InChI is InChI=1S/C12H11BrFNO/c1-8(16)6-12(2,7-15)9-4-3-5-10(13)11(9)14/h3-5H,6H2,1-2H3. The number of benzene rings is 1. The maximum Gasteiger partial charge on any atom is 0.142 e. The summed E-state index contributed by atoms with van der Waals surface area (Å²) >= 11 is 3.06. The molecule has 0 aromatic heterocycles. The summed E-state index contributed by atoms with van der Waals surface area (Å²) < 4.78 is 14.1. The van der Waals surface area contributed by atoms with Crippen LogP contribution in [0, 0.1) is 17.1 Å². The van der Waals surface area contributed by atoms with Gasteiger partial charge in [-0.05, 0) is 35.8 Å². The third-order valence-electron chi connectivity index (χ3n) is 2.40. The van der Waals surface area contributed by atoms with Crippen molar-refractivity contribution in [1.29, 1.82) is 5.26 Å². The molecule has 0 bridgehead atoms. The Bertz CT molecular complexity index is 467. The van der Waals surface area contributed by atoms with Gasteiger partial charge in [0.05, 0.1) is 16.0 Å². The average Bonchev–Trinajstić information content (AvgIpc) is 2.21. The highest BCUT2D eigenvalue weighted by atomic mass is 79.9. The predicted octanol–water partition coefficient (Wildman–Crippen LogP) is 3.35. The van der Waals surface area contributed by atoms with Crippen LogP contribution in [0.5, 0.6) is 0 Å². The van der Waals surface area contributed by atoms with E-state index < -0.39 is 11.2 Å². The third kappa shape index (κ3) is 2.48. The number of carbonyl (C=O) groups is 1. The Morgan fingerprint density at radius 1 is 1.62 bits per heavy atom. The number of carbonyl (C=O) groups excluding carboxylic acids is 1. The molecule has 16 heavy (non-hydrogen) atoms. The lowest BCUT2D eigenvalue weighted by Gasteiger charge is -2.21. The summed E-state index contributed by atoms with van der Waals surface area (Å²) in [4.78, 5) is 11.1. The van der Waals surface area contributed by atoms with Crippen LogP contribution in [-0.2, 0) is 10.2 Å². The van der Waals surface area contributed by atoms with Gasteiger partial charge in [-0.1, -0.05) is 12.1 Å². The Labute approximate surface area is 102 Å². The van der Waals surface area contributed by atoms with Gasteiger partial charge in [0, 0.05) is 12.0 Å². The van der Waals surface area contributed by atoms with Crippen LogP contribution in [-0.4, -0.2) is 5.78 Å². The zero-order valence-electron chi connectivity index (χ0n) is 9.05. The first-order valence-electron chi connectivity index (χ1n) is 4.76. The summed E-state index contributed by atoms with van der Waals surface area (Å²) in [5.41, 5.74) is -0.862. The largest absolute Gasteiger partial charge is 0.300 e. The van der Waals surface area contributed by atoms with Crippen molar-refractivity contribution in [2.75, 3.05) is 0 Å². The van der Waals surface area contributed by atoms with E-state index in [1.165, 1.54) is 13.0 Å². The molecule has 0 fully saturated rings. The van der Waals surface area contributed by atoms with E-state index >= 15 is 0 Å². The summed E-state index contributed by atoms with van der Waals surface area (Å²) in [5.74, 6) is -0.615. The Kier molecular flexibility index (Phi) is 3.82. The van der Waals surface area contributed by atoms with E-state index in [1.807, 2.05) is 6.07 Å². The van der Waals surface area contributed by atoms with Gasteiger partial charge in [0.2, 0.25) is 0 Å². The van der Waals surface area contributed by atoms with Crippen molar-refractivity contribution in [1.82, 2.24) is 0 Å². The molecule has 1 atom stereocenters. The van der Waals surface area contributed by atoms with Crippen molar-refractivity contribution < 1.29 is 9.18 Å². The molecule has 0 N–H and O–H groups in total. The highest BCUT2D eigenvalue weighted by Crippen LogP contribution is 2.32. The van der Waals surface area contributed by atoms with Gasteiger partial charge in [-0.3, -0.25) is 4.79 Å². The van der Waals surface area contributed by atoms with Gasteiger partial charge in [-0.15, -0.1) is 0 Å². The minimum Gasteiger partial charge on any atom is -0.300 e. The van der Waals surface area contributed by atoms with E-state index in [-0.39, 0.29) is 17.8 Å². The molecule has 1 aromatic carbocycles. The third-order valence-corrected chi connectivity index (χ3v) is 3.01. The van der Waals surface area contributed by atoms with Crippen LogP contribution in [0.15, 0.2) is 22.7 Å². The summed E-state index contributed by atoms with van der Waals surface area (Å²) in [7, 11) is 0. The van der Waals surface area contributed by atoms with Crippen LogP contribution in [0.3, 0.4) is 0 Å². The average molecular weight is 284 g/mol. The predicted molar refractivity (Wildman–Crippen MR) is 62.4 cm³/mol. The fourth-order valence-electron chi connectivity index (χ4n) is 1.62. The van der Waals surface area contributed by atoms with Gasteiger partial charge in [0.25, 0.3) is 0 Å². The van der Waals surface area contributed by atoms with Gasteiger partial charge in [-0.25, -0.2) is 4.39 Å². The normalized spacial score (nSPS) is 13.9. The molecular weight excluding hydrogens is 273 g/mol. The molecule has 1 aromatic rings. The van der Waals surface area contributed by atoms with Crippen molar-refractivity contribution in [2.45, 2.75) is 25.7 Å². The molecule has 0 aliphatic heterocycles. The highest BCUT2D eigenvalue weighted by molar-refractivity contribution is 9.10. The lowest BCUT2D eigenvalue weighted by Crippen LogP contribution is -2.24. The van der Waals surface area contributed by atoms with Crippen LogP contribution in [0.4, 0.5) is 4.39 Å². The molecule has 84 valence electrons. The first-order chi connectivity index (χ1) is 7.40. The Morgan fingerprint density at radius 2 is 2.25 bits per heavy atom. The number of hydrogen-bond acceptors (Lipinski definition) is 2. The van der Waals surface area contributed by atoms with Crippen LogP contribution >= 0.6 is 15.9 Å². The Morgan fingerprint density at radius 3 is 2.75 bits per heavy atom. The van der Waals surface area contributed by atoms with Gasteiger partial charge in [0.1, 0.15) is 11.6 Å². The second-order valence-corrected chi connectivity index (χ2v) is 4.78. The van der Waals surface area contributed by atoms with Crippen LogP contribution in [0.25, 0.3) is 0 Å². The monoisotopic (exact) mass is 283 g/mol. The van der Waals surface area contributed by atoms with Gasteiger partial charge in [-0.2, -0.15) is 5.26 Å². The number of rotatable bonds is 3. The molecule has 0 amide bonds. The molecule has 1 rings (SSSR count). The molecular formula is C12H11BrFNO. The smallest absolute Gasteiger partial charge is 0.142 e. The lowest BCUT2D eigenvalue weighted by atomic mass is 9.79. The Hall–Kier alpha value is -1.21.